The number of hydrogen-bond acceptors (Lipinski definition) is 2. The molecule has 0 saturated heterocycles. The number of hydrogen-bond donors (Lipinski definition) is 2. The van der Waals surface area contributed by atoms with E-state index in [2.05, 4.69) is 37.4 Å². The van der Waals surface area contributed by atoms with Crippen LogP contribution in [-0.4, -0.2) is 23.2 Å². The second kappa shape index (κ2) is 7.08. The van der Waals surface area contributed by atoms with Gasteiger partial charge in [0.2, 0.25) is 5.91 Å². The first-order valence-electron chi connectivity index (χ1n) is 8.00. The summed E-state index contributed by atoms with van der Waals surface area (Å²) >= 11 is 0. The van der Waals surface area contributed by atoms with Gasteiger partial charge in [0.15, 0.2) is 0 Å². The molecule has 2 rings (SSSR count). The summed E-state index contributed by atoms with van der Waals surface area (Å²) in [6.07, 6.45) is 5.19. The highest BCUT2D eigenvalue weighted by atomic mass is 16.3. The number of rotatable bonds is 5. The van der Waals surface area contributed by atoms with Gasteiger partial charge >= 0.3 is 0 Å². The van der Waals surface area contributed by atoms with E-state index in [0.29, 0.717) is 12.3 Å². The average molecular weight is 289 g/mol. The van der Waals surface area contributed by atoms with E-state index < -0.39 is 0 Å². The van der Waals surface area contributed by atoms with Gasteiger partial charge in [-0.25, -0.2) is 0 Å². The summed E-state index contributed by atoms with van der Waals surface area (Å²) in [5.41, 5.74) is 2.04. The predicted molar refractivity (Wildman–Crippen MR) is 85.1 cm³/mol. The highest BCUT2D eigenvalue weighted by molar-refractivity contribution is 5.77. The topological polar surface area (TPSA) is 49.3 Å². The molecule has 1 aromatic carbocycles. The fourth-order valence-electron chi connectivity index (χ4n) is 3.12. The maximum absolute atomic E-state index is 12.2. The number of aliphatic hydroxyl groups excluding tert-OH is 1. The molecule has 0 aliphatic heterocycles. The molecule has 0 spiro atoms. The Morgan fingerprint density at radius 3 is 2.71 bits per heavy atom. The predicted octanol–water partition coefficient (Wildman–Crippen LogP) is 2.99. The van der Waals surface area contributed by atoms with Crippen molar-refractivity contribution >= 4 is 5.91 Å². The summed E-state index contributed by atoms with van der Waals surface area (Å²) in [5.74, 6) is 0.758. The minimum absolute atomic E-state index is 0.0515. The van der Waals surface area contributed by atoms with Crippen LogP contribution in [0.1, 0.15) is 50.2 Å². The van der Waals surface area contributed by atoms with Gasteiger partial charge in [0.25, 0.3) is 0 Å². The van der Waals surface area contributed by atoms with Crippen LogP contribution in [-0.2, 0) is 11.2 Å². The molecule has 0 unspecified atom stereocenters. The number of nitrogens with one attached hydrogen (secondary N) is 1. The van der Waals surface area contributed by atoms with E-state index in [0.717, 1.165) is 32.1 Å². The molecule has 0 bridgehead atoms. The Labute approximate surface area is 127 Å². The molecular formula is C18H27NO2. The molecule has 1 fully saturated rings. The molecule has 0 heterocycles. The van der Waals surface area contributed by atoms with Crippen molar-refractivity contribution in [3.05, 3.63) is 35.4 Å². The van der Waals surface area contributed by atoms with Crippen molar-refractivity contribution in [2.24, 2.45) is 5.92 Å². The van der Waals surface area contributed by atoms with E-state index in [1.54, 1.807) is 0 Å². The van der Waals surface area contributed by atoms with Crippen molar-refractivity contribution in [1.29, 1.82) is 0 Å². The Kier molecular flexibility index (Phi) is 5.40. The van der Waals surface area contributed by atoms with Crippen LogP contribution in [0.15, 0.2) is 24.3 Å². The van der Waals surface area contributed by atoms with Gasteiger partial charge in [-0.3, -0.25) is 4.79 Å². The van der Waals surface area contributed by atoms with Crippen LogP contribution in [0.25, 0.3) is 0 Å². The lowest BCUT2D eigenvalue weighted by Crippen LogP contribution is -2.53. The van der Waals surface area contributed by atoms with Crippen LogP contribution in [0.4, 0.5) is 0 Å². The minimum Gasteiger partial charge on any atom is -0.394 e. The monoisotopic (exact) mass is 289 g/mol. The molecule has 0 atom stereocenters. The van der Waals surface area contributed by atoms with Crippen molar-refractivity contribution in [3.63, 3.8) is 0 Å². The number of benzene rings is 1. The second-order valence-electron chi connectivity index (χ2n) is 6.66. The lowest BCUT2D eigenvalue weighted by atomic mass is 9.77. The van der Waals surface area contributed by atoms with Crippen molar-refractivity contribution in [1.82, 2.24) is 5.32 Å². The van der Waals surface area contributed by atoms with Gasteiger partial charge < -0.3 is 10.4 Å². The van der Waals surface area contributed by atoms with Crippen LogP contribution in [0.5, 0.6) is 0 Å². The number of carbonyl (C=O) groups is 1. The highest BCUT2D eigenvalue weighted by Gasteiger charge is 2.34. The third-order valence-electron chi connectivity index (χ3n) is 4.66. The standard InChI is InChI=1S/C18H27NO2/c1-14-8-10-18(13-20,11-9-14)19-17(21)7-6-16-5-3-4-15(2)12-16/h3-5,12,14,20H,6-11,13H2,1-2H3,(H,19,21). The molecule has 116 valence electrons. The van der Waals surface area contributed by atoms with E-state index in [4.69, 9.17) is 0 Å². The van der Waals surface area contributed by atoms with Crippen LogP contribution in [0.2, 0.25) is 0 Å². The zero-order chi connectivity index (χ0) is 15.3. The molecule has 3 heteroatoms. The first-order valence-corrected chi connectivity index (χ1v) is 8.00. The zero-order valence-corrected chi connectivity index (χ0v) is 13.2. The van der Waals surface area contributed by atoms with Crippen molar-refractivity contribution in [2.75, 3.05) is 6.61 Å². The molecule has 0 aromatic heterocycles. The summed E-state index contributed by atoms with van der Waals surface area (Å²) in [6, 6.07) is 8.27. The van der Waals surface area contributed by atoms with Crippen molar-refractivity contribution in [3.8, 4) is 0 Å². The number of aryl methyl sites for hydroxylation is 2. The van der Waals surface area contributed by atoms with Gasteiger partial charge in [-0.2, -0.15) is 0 Å². The van der Waals surface area contributed by atoms with E-state index in [1.807, 2.05) is 6.07 Å². The van der Waals surface area contributed by atoms with Gasteiger partial charge in [0, 0.05) is 6.42 Å². The number of amides is 1. The van der Waals surface area contributed by atoms with E-state index >= 15 is 0 Å². The summed E-state index contributed by atoms with van der Waals surface area (Å²) in [7, 11) is 0. The summed E-state index contributed by atoms with van der Waals surface area (Å²) in [4.78, 5) is 12.2. The zero-order valence-electron chi connectivity index (χ0n) is 13.2. The van der Waals surface area contributed by atoms with E-state index in [9.17, 15) is 9.90 Å². The molecule has 21 heavy (non-hydrogen) atoms. The SMILES string of the molecule is Cc1cccc(CCC(=O)NC2(CO)CCC(C)CC2)c1. The van der Waals surface area contributed by atoms with Crippen molar-refractivity contribution < 1.29 is 9.90 Å². The van der Waals surface area contributed by atoms with Crippen LogP contribution >= 0.6 is 0 Å². The highest BCUT2D eigenvalue weighted by Crippen LogP contribution is 2.31. The molecule has 1 amide bonds. The number of carbonyl (C=O) groups excluding carboxylic acids is 1. The summed E-state index contributed by atoms with van der Waals surface area (Å²) in [5, 5.41) is 12.8. The summed E-state index contributed by atoms with van der Waals surface area (Å²) < 4.78 is 0. The molecule has 1 aliphatic carbocycles. The first kappa shape index (κ1) is 16.0. The van der Waals surface area contributed by atoms with Gasteiger partial charge in [0.05, 0.1) is 12.1 Å². The fraction of sp³-hybridized carbons (Fsp3) is 0.611. The molecule has 2 N–H and O–H groups in total. The molecular weight excluding hydrogens is 262 g/mol. The quantitative estimate of drug-likeness (QED) is 0.875. The Hall–Kier alpha value is -1.35. The maximum Gasteiger partial charge on any atom is 0.220 e. The fourth-order valence-corrected chi connectivity index (χ4v) is 3.12. The molecule has 1 aromatic rings. The second-order valence-corrected chi connectivity index (χ2v) is 6.66. The lowest BCUT2D eigenvalue weighted by molar-refractivity contribution is -0.124. The minimum atomic E-state index is -0.379. The smallest absolute Gasteiger partial charge is 0.220 e. The Morgan fingerprint density at radius 1 is 1.38 bits per heavy atom. The van der Waals surface area contributed by atoms with Crippen LogP contribution < -0.4 is 5.32 Å². The normalized spacial score (nSPS) is 25.6. The Balaban J connectivity index is 1.86. The maximum atomic E-state index is 12.2. The van der Waals surface area contributed by atoms with Gasteiger partial charge in [-0.1, -0.05) is 36.8 Å². The summed E-state index contributed by atoms with van der Waals surface area (Å²) in [6.45, 7) is 4.35. The molecule has 3 nitrogen and oxygen atoms in total. The molecule has 1 saturated carbocycles. The Morgan fingerprint density at radius 2 is 2.10 bits per heavy atom. The Bertz CT molecular complexity index is 476. The van der Waals surface area contributed by atoms with Crippen LogP contribution in [0.3, 0.4) is 0 Å². The third kappa shape index (κ3) is 4.57. The van der Waals surface area contributed by atoms with Gasteiger partial charge in [-0.15, -0.1) is 0 Å². The lowest BCUT2D eigenvalue weighted by Gasteiger charge is -2.38. The van der Waals surface area contributed by atoms with Crippen LogP contribution in [0, 0.1) is 12.8 Å². The van der Waals surface area contributed by atoms with E-state index in [1.165, 1.54) is 11.1 Å². The third-order valence-corrected chi connectivity index (χ3v) is 4.66. The van der Waals surface area contributed by atoms with Crippen molar-refractivity contribution in [2.45, 2.75) is 57.9 Å². The molecule has 0 radical (unpaired) electrons. The average Bonchev–Trinajstić information content (AvgIpc) is 2.48. The number of aliphatic hydroxyl groups is 1. The molecule has 1 aliphatic rings. The van der Waals surface area contributed by atoms with E-state index in [-0.39, 0.29) is 18.1 Å². The largest absolute Gasteiger partial charge is 0.394 e. The first-order chi connectivity index (χ1) is 10.0. The van der Waals surface area contributed by atoms with Gasteiger partial charge in [0.1, 0.15) is 0 Å². The van der Waals surface area contributed by atoms with Gasteiger partial charge in [-0.05, 0) is 50.5 Å².